The highest BCUT2D eigenvalue weighted by Crippen LogP contribution is 2.35. The third-order valence-corrected chi connectivity index (χ3v) is 5.95. The average molecular weight is 597 g/mol. The monoisotopic (exact) mass is 596 g/mol. The lowest BCUT2D eigenvalue weighted by Crippen LogP contribution is -2.29. The smallest absolute Gasteiger partial charge is 0.456 e. The second-order valence-corrected chi connectivity index (χ2v) is 10.4. The first-order valence-corrected chi connectivity index (χ1v) is 15.8. The Morgan fingerprint density at radius 1 is 0.667 bits per heavy atom. The predicted octanol–water partition coefficient (Wildman–Crippen LogP) is 5.07. The maximum Gasteiger partial charge on any atom is 0.469 e. The number of phosphoric acid groups is 1. The second-order valence-electron chi connectivity index (χ2n) is 9.11. The van der Waals surface area contributed by atoms with E-state index in [1.165, 1.54) is 57.8 Å². The Kier molecular flexibility index (Phi) is 25.2. The zero-order chi connectivity index (χ0) is 31.2. The first-order valence-electron chi connectivity index (χ1n) is 14.3. The minimum absolute atomic E-state index is 0.137. The molecule has 0 aromatic rings. The van der Waals surface area contributed by atoms with Crippen molar-refractivity contribution in [1.29, 1.82) is 0 Å². The van der Waals surface area contributed by atoms with Crippen LogP contribution in [-0.2, 0) is 28.2 Å². The molecule has 0 saturated carbocycles. The summed E-state index contributed by atoms with van der Waals surface area (Å²) < 4.78 is 25.6. The van der Waals surface area contributed by atoms with Crippen molar-refractivity contribution in [3.8, 4) is 71.0 Å². The van der Waals surface area contributed by atoms with Gasteiger partial charge in [-0.25, -0.2) is 9.36 Å². The van der Waals surface area contributed by atoms with E-state index in [-0.39, 0.29) is 6.42 Å². The molecule has 0 aliphatic rings. The third-order valence-electron chi connectivity index (χ3n) is 5.46. The molecular formula is C33H41O8P. The minimum atomic E-state index is -4.82. The van der Waals surface area contributed by atoms with Crippen molar-refractivity contribution in [3.05, 3.63) is 0 Å². The molecule has 42 heavy (non-hydrogen) atoms. The summed E-state index contributed by atoms with van der Waals surface area (Å²) in [5, 5.41) is 0. The summed E-state index contributed by atoms with van der Waals surface area (Å²) in [7, 11) is -4.82. The van der Waals surface area contributed by atoms with Gasteiger partial charge in [0.15, 0.2) is 6.10 Å². The van der Waals surface area contributed by atoms with E-state index in [9.17, 15) is 14.2 Å². The van der Waals surface area contributed by atoms with Crippen molar-refractivity contribution >= 4 is 19.8 Å². The molecular weight excluding hydrogens is 555 g/mol. The van der Waals surface area contributed by atoms with E-state index in [4.69, 9.17) is 19.3 Å². The van der Waals surface area contributed by atoms with E-state index >= 15 is 0 Å². The van der Waals surface area contributed by atoms with Crippen molar-refractivity contribution in [2.45, 2.75) is 110 Å². The molecule has 2 N–H and O–H groups in total. The fourth-order valence-corrected chi connectivity index (χ4v) is 3.79. The number of unbranched alkanes of at least 4 members (excludes halogenated alkanes) is 12. The van der Waals surface area contributed by atoms with Crippen LogP contribution < -0.4 is 0 Å². The molecule has 0 aromatic carbocycles. The van der Waals surface area contributed by atoms with Gasteiger partial charge in [0.1, 0.15) is 6.61 Å². The lowest BCUT2D eigenvalue weighted by molar-refractivity contribution is -0.158. The van der Waals surface area contributed by atoms with Crippen LogP contribution in [0.5, 0.6) is 0 Å². The zero-order valence-electron chi connectivity index (χ0n) is 24.7. The fraction of sp³-hybridized carbons (Fsp3) is 0.576. The van der Waals surface area contributed by atoms with Gasteiger partial charge in [-0.3, -0.25) is 9.32 Å². The highest BCUT2D eigenvalue weighted by Gasteiger charge is 2.22. The number of phosphoric ester groups is 1. The molecule has 0 unspecified atom stereocenters. The van der Waals surface area contributed by atoms with Crippen LogP contribution in [0.3, 0.4) is 0 Å². The molecule has 0 aromatic heterocycles. The van der Waals surface area contributed by atoms with Crippen LogP contribution in [0.4, 0.5) is 0 Å². The lowest BCUT2D eigenvalue weighted by atomic mass is 10.0. The summed E-state index contributed by atoms with van der Waals surface area (Å²) >= 11 is 0. The van der Waals surface area contributed by atoms with E-state index in [0.29, 0.717) is 6.42 Å². The Hall–Kier alpha value is -3.59. The van der Waals surface area contributed by atoms with Gasteiger partial charge in [-0.05, 0) is 72.5 Å². The summed E-state index contributed by atoms with van der Waals surface area (Å²) in [6, 6.07) is 0. The van der Waals surface area contributed by atoms with Crippen LogP contribution in [0, 0.1) is 71.0 Å². The van der Waals surface area contributed by atoms with Crippen LogP contribution in [-0.4, -0.2) is 41.0 Å². The van der Waals surface area contributed by atoms with Crippen LogP contribution in [0.2, 0.25) is 0 Å². The Balaban J connectivity index is 4.38. The molecule has 226 valence electrons. The fourth-order valence-electron chi connectivity index (χ4n) is 3.43. The second kappa shape index (κ2) is 27.6. The van der Waals surface area contributed by atoms with Crippen molar-refractivity contribution in [2.75, 3.05) is 13.2 Å². The number of ether oxygens (including phenoxy) is 2. The van der Waals surface area contributed by atoms with Gasteiger partial charge in [-0.15, -0.1) is 0 Å². The number of carbonyl (C=O) groups excluding carboxylic acids is 2. The summed E-state index contributed by atoms with van der Waals surface area (Å²) in [6.07, 6.45) is 14.2. The van der Waals surface area contributed by atoms with Crippen LogP contribution in [0.1, 0.15) is 104 Å². The molecule has 0 spiro atoms. The summed E-state index contributed by atoms with van der Waals surface area (Å²) in [5.74, 6) is 27.3. The first-order chi connectivity index (χ1) is 20.3. The van der Waals surface area contributed by atoms with Gasteiger partial charge in [-0.1, -0.05) is 89.9 Å². The molecule has 1 atom stereocenters. The average Bonchev–Trinajstić information content (AvgIpc) is 2.95. The minimum Gasteiger partial charge on any atom is -0.456 e. The molecule has 0 bridgehead atoms. The van der Waals surface area contributed by atoms with E-state index in [1.807, 2.05) is 0 Å². The van der Waals surface area contributed by atoms with Gasteiger partial charge in [0, 0.05) is 12.3 Å². The Labute approximate surface area is 251 Å². The molecule has 0 saturated heterocycles. The van der Waals surface area contributed by atoms with Gasteiger partial charge in [-0.2, -0.15) is 0 Å². The number of esters is 2. The molecule has 0 fully saturated rings. The van der Waals surface area contributed by atoms with E-state index in [1.54, 1.807) is 6.92 Å². The topological polar surface area (TPSA) is 119 Å². The maximum atomic E-state index is 12.2. The molecule has 0 heterocycles. The Bertz CT molecular complexity index is 1230. The zero-order valence-corrected chi connectivity index (χ0v) is 25.6. The van der Waals surface area contributed by atoms with Crippen molar-refractivity contribution in [3.63, 3.8) is 0 Å². The van der Waals surface area contributed by atoms with E-state index in [0.717, 1.165) is 19.3 Å². The first kappa shape index (κ1) is 38.4. The molecule has 0 aliphatic heterocycles. The number of hydrogen-bond donors (Lipinski definition) is 2. The summed E-state index contributed by atoms with van der Waals surface area (Å²) in [4.78, 5) is 41.9. The van der Waals surface area contributed by atoms with Gasteiger partial charge >= 0.3 is 19.8 Å². The highest BCUT2D eigenvalue weighted by atomic mass is 31.2. The predicted molar refractivity (Wildman–Crippen MR) is 161 cm³/mol. The molecule has 0 radical (unpaired) electrons. The SMILES string of the molecule is CC#CC#CC#CC#CC#CC#CC(=O)OC[C@@H](COP(=O)(O)O)OC(=O)CCCCCCCCCCCCCCC. The highest BCUT2D eigenvalue weighted by molar-refractivity contribution is 7.46. The molecule has 8 nitrogen and oxygen atoms in total. The summed E-state index contributed by atoms with van der Waals surface area (Å²) in [5.41, 5.74) is 0. The van der Waals surface area contributed by atoms with Gasteiger partial charge in [0.05, 0.1) is 6.61 Å². The molecule has 9 heteroatoms. The largest absolute Gasteiger partial charge is 0.469 e. The van der Waals surface area contributed by atoms with Crippen molar-refractivity contribution in [2.24, 2.45) is 0 Å². The molecule has 0 amide bonds. The van der Waals surface area contributed by atoms with Crippen molar-refractivity contribution in [1.82, 2.24) is 0 Å². The van der Waals surface area contributed by atoms with Gasteiger partial charge < -0.3 is 19.3 Å². The number of hydrogen-bond acceptors (Lipinski definition) is 6. The molecule has 0 aliphatic carbocycles. The normalized spacial score (nSPS) is 10.1. The van der Waals surface area contributed by atoms with Crippen molar-refractivity contribution < 1.29 is 37.9 Å². The standard InChI is InChI=1S/C33H41O8P/c1-3-5-7-9-11-13-15-16-18-20-22-24-26-28-33(35)41-31(30-40-42(36,37)38)29-39-32(34)27-25-23-21-19-17-14-12-10-8-6-4-2/h31H,3,5,7,9,11,13,15-16,18,20,22,24,26,28-30H2,1-2H3,(H2,36,37,38)/t31-/m0/s1. The van der Waals surface area contributed by atoms with Gasteiger partial charge in [0.25, 0.3) is 0 Å². The maximum absolute atomic E-state index is 12.2. The van der Waals surface area contributed by atoms with E-state index < -0.39 is 39.1 Å². The third kappa shape index (κ3) is 29.4. The lowest BCUT2D eigenvalue weighted by Gasteiger charge is -2.17. The quantitative estimate of drug-likeness (QED) is 0.0657. The van der Waals surface area contributed by atoms with Crippen LogP contribution in [0.25, 0.3) is 0 Å². The Morgan fingerprint density at radius 3 is 1.60 bits per heavy atom. The van der Waals surface area contributed by atoms with E-state index in [2.05, 4.69) is 82.5 Å². The number of rotatable bonds is 20. The summed E-state index contributed by atoms with van der Waals surface area (Å²) in [6.45, 7) is 2.73. The number of carbonyl (C=O) groups is 2. The van der Waals surface area contributed by atoms with Crippen LogP contribution >= 0.6 is 7.82 Å². The van der Waals surface area contributed by atoms with Crippen LogP contribution in [0.15, 0.2) is 0 Å². The Morgan fingerprint density at radius 2 is 1.12 bits per heavy atom. The van der Waals surface area contributed by atoms with Gasteiger partial charge in [0.2, 0.25) is 0 Å². The molecule has 0 rings (SSSR count).